The summed E-state index contributed by atoms with van der Waals surface area (Å²) in [7, 11) is 0. The number of hydrogen-bond donors (Lipinski definition) is 2. The number of benzene rings is 1. The van der Waals surface area contributed by atoms with Gasteiger partial charge in [-0.15, -0.1) is 11.3 Å². The molecule has 0 saturated carbocycles. The molecule has 2 amide bonds. The van der Waals surface area contributed by atoms with Crippen LogP contribution < -0.4 is 15.8 Å². The molecule has 0 bridgehead atoms. The molecule has 1 aromatic carbocycles. The van der Waals surface area contributed by atoms with Crippen molar-refractivity contribution in [3.63, 3.8) is 0 Å². The van der Waals surface area contributed by atoms with Gasteiger partial charge in [-0.05, 0) is 43.9 Å². The molecule has 1 aliphatic carbocycles. The van der Waals surface area contributed by atoms with Gasteiger partial charge in [0.05, 0.1) is 11.7 Å². The van der Waals surface area contributed by atoms with Gasteiger partial charge in [0, 0.05) is 17.4 Å². The quantitative estimate of drug-likeness (QED) is 0.892. The van der Waals surface area contributed by atoms with E-state index in [2.05, 4.69) is 11.4 Å². The Bertz CT molecular complexity index is 824. The Morgan fingerprint density at radius 1 is 1.29 bits per heavy atom. The Kier molecular flexibility index (Phi) is 4.32. The third-order valence-corrected chi connectivity index (χ3v) is 5.05. The molecule has 0 aliphatic heterocycles. The van der Waals surface area contributed by atoms with Gasteiger partial charge >= 0.3 is 0 Å². The summed E-state index contributed by atoms with van der Waals surface area (Å²) in [5, 5.41) is 3.26. The van der Waals surface area contributed by atoms with E-state index in [0.717, 1.165) is 34.6 Å². The number of nitrogens with two attached hydrogens (primary N) is 1. The fourth-order valence-corrected chi connectivity index (χ4v) is 4.45. The van der Waals surface area contributed by atoms with Crippen molar-refractivity contribution < 1.29 is 14.3 Å². The molecule has 1 aromatic heterocycles. The van der Waals surface area contributed by atoms with Crippen LogP contribution in [0.5, 0.6) is 5.75 Å². The van der Waals surface area contributed by atoms with Crippen LogP contribution in [0.4, 0.5) is 5.00 Å². The average Bonchev–Trinajstić information content (AvgIpc) is 2.83. The van der Waals surface area contributed by atoms with E-state index in [1.54, 1.807) is 0 Å². The maximum atomic E-state index is 12.0. The third-order valence-electron chi connectivity index (χ3n) is 3.89. The molecule has 6 heteroatoms. The number of fused-ring (bicyclic) bond motifs is 3. The van der Waals surface area contributed by atoms with E-state index in [1.165, 1.54) is 23.8 Å². The van der Waals surface area contributed by atoms with Crippen molar-refractivity contribution in [3.05, 3.63) is 34.9 Å². The van der Waals surface area contributed by atoms with Crippen LogP contribution in [0.1, 0.15) is 42.3 Å². The first-order chi connectivity index (χ1) is 11.4. The summed E-state index contributed by atoms with van der Waals surface area (Å²) in [6, 6.07) is 6.00. The van der Waals surface area contributed by atoms with E-state index in [9.17, 15) is 9.59 Å². The SMILES string of the molecule is CC(=O)Nc1sc2c(c1C(N)=O)CCc1cccc(OC(C)C)c1-2. The van der Waals surface area contributed by atoms with Crippen LogP contribution in [0, 0.1) is 0 Å². The van der Waals surface area contributed by atoms with Crippen molar-refractivity contribution in [2.75, 3.05) is 5.32 Å². The van der Waals surface area contributed by atoms with Crippen LogP contribution in [0.2, 0.25) is 0 Å². The minimum Gasteiger partial charge on any atom is -0.490 e. The van der Waals surface area contributed by atoms with Crippen LogP contribution in [-0.2, 0) is 17.6 Å². The van der Waals surface area contributed by atoms with Gasteiger partial charge in [0.2, 0.25) is 5.91 Å². The van der Waals surface area contributed by atoms with E-state index in [1.807, 2.05) is 26.0 Å². The lowest BCUT2D eigenvalue weighted by Crippen LogP contribution is -2.17. The van der Waals surface area contributed by atoms with Crippen molar-refractivity contribution in [2.24, 2.45) is 5.73 Å². The second-order valence-corrected chi connectivity index (χ2v) is 7.14. The van der Waals surface area contributed by atoms with Crippen LogP contribution >= 0.6 is 11.3 Å². The largest absolute Gasteiger partial charge is 0.490 e. The summed E-state index contributed by atoms with van der Waals surface area (Å²) in [4.78, 5) is 24.4. The molecule has 0 saturated heterocycles. The van der Waals surface area contributed by atoms with Crippen LogP contribution in [-0.4, -0.2) is 17.9 Å². The summed E-state index contributed by atoms with van der Waals surface area (Å²) >= 11 is 1.39. The van der Waals surface area contributed by atoms with Crippen molar-refractivity contribution >= 4 is 28.2 Å². The fraction of sp³-hybridized carbons (Fsp3) is 0.333. The number of hydrogen-bond acceptors (Lipinski definition) is 4. The molecular formula is C18H20N2O3S. The molecule has 2 aromatic rings. The first kappa shape index (κ1) is 16.5. The lowest BCUT2D eigenvalue weighted by atomic mass is 9.88. The Labute approximate surface area is 144 Å². The standard InChI is InChI=1S/C18H20N2O3S/c1-9(2)23-13-6-4-5-11-7-8-12-15(17(19)22)18(20-10(3)21)24-16(12)14(11)13/h4-6,9H,7-8H2,1-3H3,(H2,19,22)(H,20,21). The Morgan fingerprint density at radius 2 is 2.04 bits per heavy atom. The van der Waals surface area contributed by atoms with Crippen LogP contribution in [0.3, 0.4) is 0 Å². The van der Waals surface area contributed by atoms with E-state index >= 15 is 0 Å². The molecule has 3 N–H and O–H groups in total. The molecule has 0 fully saturated rings. The highest BCUT2D eigenvalue weighted by Gasteiger charge is 2.29. The molecular weight excluding hydrogens is 324 g/mol. The lowest BCUT2D eigenvalue weighted by Gasteiger charge is -2.21. The van der Waals surface area contributed by atoms with Gasteiger partial charge < -0.3 is 15.8 Å². The normalized spacial score (nSPS) is 12.5. The molecule has 0 unspecified atom stereocenters. The van der Waals surface area contributed by atoms with Crippen LogP contribution in [0.25, 0.3) is 10.4 Å². The smallest absolute Gasteiger partial charge is 0.252 e. The molecule has 1 aliphatic rings. The number of aryl methyl sites for hydroxylation is 1. The average molecular weight is 344 g/mol. The zero-order chi connectivity index (χ0) is 17.4. The minimum atomic E-state index is -0.512. The van der Waals surface area contributed by atoms with E-state index in [-0.39, 0.29) is 12.0 Å². The maximum Gasteiger partial charge on any atom is 0.252 e. The second-order valence-electron chi connectivity index (χ2n) is 6.12. The summed E-state index contributed by atoms with van der Waals surface area (Å²) in [6.07, 6.45) is 1.59. The zero-order valence-corrected chi connectivity index (χ0v) is 14.8. The third kappa shape index (κ3) is 2.89. The first-order valence-electron chi connectivity index (χ1n) is 7.90. The molecule has 5 nitrogen and oxygen atoms in total. The fourth-order valence-electron chi connectivity index (χ4n) is 3.07. The highest BCUT2D eigenvalue weighted by molar-refractivity contribution is 7.20. The van der Waals surface area contributed by atoms with Crippen molar-refractivity contribution in [1.82, 2.24) is 0 Å². The zero-order valence-electron chi connectivity index (χ0n) is 13.9. The lowest BCUT2D eigenvalue weighted by molar-refractivity contribution is -0.114. The highest BCUT2D eigenvalue weighted by atomic mass is 32.1. The monoisotopic (exact) mass is 344 g/mol. The number of thiophene rings is 1. The van der Waals surface area contributed by atoms with Gasteiger partial charge in [0.15, 0.2) is 0 Å². The van der Waals surface area contributed by atoms with Gasteiger partial charge in [-0.3, -0.25) is 9.59 Å². The van der Waals surface area contributed by atoms with Gasteiger partial charge in [-0.1, -0.05) is 12.1 Å². The molecule has 3 rings (SSSR count). The molecule has 24 heavy (non-hydrogen) atoms. The van der Waals surface area contributed by atoms with Gasteiger partial charge in [-0.25, -0.2) is 0 Å². The Hall–Kier alpha value is -2.34. The van der Waals surface area contributed by atoms with E-state index in [0.29, 0.717) is 10.6 Å². The number of anilines is 1. The Morgan fingerprint density at radius 3 is 2.67 bits per heavy atom. The summed E-state index contributed by atoms with van der Waals surface area (Å²) in [6.45, 7) is 5.38. The van der Waals surface area contributed by atoms with Crippen molar-refractivity contribution in [1.29, 1.82) is 0 Å². The number of ether oxygens (including phenoxy) is 1. The second kappa shape index (κ2) is 6.28. The van der Waals surface area contributed by atoms with Gasteiger partial charge in [0.1, 0.15) is 10.8 Å². The van der Waals surface area contributed by atoms with E-state index in [4.69, 9.17) is 10.5 Å². The molecule has 0 spiro atoms. The van der Waals surface area contributed by atoms with Crippen molar-refractivity contribution in [3.8, 4) is 16.2 Å². The predicted molar refractivity (Wildman–Crippen MR) is 95.7 cm³/mol. The summed E-state index contributed by atoms with van der Waals surface area (Å²) in [5.41, 5.74) is 9.11. The number of rotatable bonds is 4. The van der Waals surface area contributed by atoms with Crippen LogP contribution in [0.15, 0.2) is 18.2 Å². The number of carbonyl (C=O) groups is 2. The number of primary amides is 1. The maximum absolute atomic E-state index is 12.0. The molecule has 1 heterocycles. The highest BCUT2D eigenvalue weighted by Crippen LogP contribution is 2.48. The number of nitrogens with one attached hydrogen (secondary N) is 1. The molecule has 0 atom stereocenters. The number of amides is 2. The topological polar surface area (TPSA) is 81.4 Å². The minimum absolute atomic E-state index is 0.0484. The van der Waals surface area contributed by atoms with Gasteiger partial charge in [-0.2, -0.15) is 0 Å². The summed E-state index contributed by atoms with van der Waals surface area (Å²) in [5.74, 6) is 0.0695. The van der Waals surface area contributed by atoms with Gasteiger partial charge in [0.25, 0.3) is 5.91 Å². The van der Waals surface area contributed by atoms with Crippen molar-refractivity contribution in [2.45, 2.75) is 39.7 Å². The predicted octanol–water partition coefficient (Wildman–Crippen LogP) is 3.36. The molecule has 0 radical (unpaired) electrons. The first-order valence-corrected chi connectivity index (χ1v) is 8.72. The molecule has 126 valence electrons. The Balaban J connectivity index is 2.21. The summed E-state index contributed by atoms with van der Waals surface area (Å²) < 4.78 is 5.96. The van der Waals surface area contributed by atoms with E-state index < -0.39 is 5.91 Å². The number of carbonyl (C=O) groups excluding carboxylic acids is 2.